The first-order valence-corrected chi connectivity index (χ1v) is 14.3. The number of benzene rings is 2. The van der Waals surface area contributed by atoms with Crippen molar-refractivity contribution < 1.29 is 21.6 Å². The van der Waals surface area contributed by atoms with Crippen LogP contribution < -0.4 is 9.62 Å². The van der Waals surface area contributed by atoms with Gasteiger partial charge in [0.15, 0.2) is 0 Å². The van der Waals surface area contributed by atoms with E-state index in [9.17, 15) is 21.6 Å². The van der Waals surface area contributed by atoms with Crippen LogP contribution in [0.3, 0.4) is 0 Å². The van der Waals surface area contributed by atoms with Crippen LogP contribution in [0.2, 0.25) is 0 Å². The van der Waals surface area contributed by atoms with Gasteiger partial charge in [-0.3, -0.25) is 9.10 Å². The summed E-state index contributed by atoms with van der Waals surface area (Å²) in [5.74, 6) is -0.264. The van der Waals surface area contributed by atoms with Crippen molar-refractivity contribution in [3.8, 4) is 0 Å². The highest BCUT2D eigenvalue weighted by Gasteiger charge is 2.25. The van der Waals surface area contributed by atoms with Crippen molar-refractivity contribution >= 4 is 37.3 Å². The molecule has 1 saturated heterocycles. The Hall–Kier alpha value is -2.43. The highest BCUT2D eigenvalue weighted by Crippen LogP contribution is 2.24. The lowest BCUT2D eigenvalue weighted by molar-refractivity contribution is -0.116. The molecule has 0 unspecified atom stereocenters. The van der Waals surface area contributed by atoms with Crippen molar-refractivity contribution in [2.24, 2.45) is 0 Å². The maximum atomic E-state index is 12.7. The number of hydrogen-bond donors (Lipinski definition) is 1. The monoisotopic (exact) mass is 493 g/mol. The van der Waals surface area contributed by atoms with Gasteiger partial charge in [0.05, 0.1) is 16.8 Å². The van der Waals surface area contributed by atoms with Gasteiger partial charge in [0.1, 0.15) is 0 Å². The van der Waals surface area contributed by atoms with Crippen LogP contribution in [-0.4, -0.2) is 52.9 Å². The number of nitrogens with one attached hydrogen (secondary N) is 1. The third kappa shape index (κ3) is 6.55. The fraction of sp³-hybridized carbons (Fsp3) is 0.435. The Balaban J connectivity index is 1.57. The second-order valence-electron chi connectivity index (χ2n) is 8.26. The predicted molar refractivity (Wildman–Crippen MR) is 130 cm³/mol. The lowest BCUT2D eigenvalue weighted by Gasteiger charge is -2.25. The second-order valence-corrected chi connectivity index (χ2v) is 12.1. The topological polar surface area (TPSA) is 104 Å². The molecule has 1 aliphatic heterocycles. The number of carbonyl (C=O) groups is 1. The van der Waals surface area contributed by atoms with Gasteiger partial charge in [0, 0.05) is 31.7 Å². The molecule has 180 valence electrons. The summed E-state index contributed by atoms with van der Waals surface area (Å²) in [6, 6.07) is 13.4. The van der Waals surface area contributed by atoms with Crippen LogP contribution in [0, 0.1) is 6.92 Å². The largest absolute Gasteiger partial charge is 0.326 e. The van der Waals surface area contributed by atoms with E-state index in [1.165, 1.54) is 20.7 Å². The molecule has 1 amide bonds. The lowest BCUT2D eigenvalue weighted by Crippen LogP contribution is -2.35. The number of sulfonamides is 2. The fourth-order valence-electron chi connectivity index (χ4n) is 3.88. The van der Waals surface area contributed by atoms with Crippen molar-refractivity contribution in [1.82, 2.24) is 4.31 Å². The van der Waals surface area contributed by atoms with E-state index in [1.54, 1.807) is 24.3 Å². The Morgan fingerprint density at radius 1 is 0.970 bits per heavy atom. The van der Waals surface area contributed by atoms with Gasteiger partial charge in [0.2, 0.25) is 26.0 Å². The molecule has 2 aromatic carbocycles. The molecule has 1 N–H and O–H groups in total. The molecule has 1 fully saturated rings. The zero-order chi connectivity index (χ0) is 24.1. The van der Waals surface area contributed by atoms with Gasteiger partial charge in [-0.15, -0.1) is 0 Å². The molecule has 0 atom stereocenters. The summed E-state index contributed by atoms with van der Waals surface area (Å²) < 4.78 is 52.8. The summed E-state index contributed by atoms with van der Waals surface area (Å²) in [5, 5.41) is 2.75. The molecule has 10 heteroatoms. The zero-order valence-corrected chi connectivity index (χ0v) is 20.7. The second kappa shape index (κ2) is 10.7. The molecule has 33 heavy (non-hydrogen) atoms. The highest BCUT2D eigenvalue weighted by molar-refractivity contribution is 7.92. The number of anilines is 2. The van der Waals surface area contributed by atoms with Crippen LogP contribution in [0.15, 0.2) is 53.4 Å². The molecule has 0 aromatic heterocycles. The summed E-state index contributed by atoms with van der Waals surface area (Å²) in [6.45, 7) is 3.10. The summed E-state index contributed by atoms with van der Waals surface area (Å²) in [4.78, 5) is 12.6. The molecule has 0 saturated carbocycles. The number of aryl methyl sites for hydroxylation is 1. The van der Waals surface area contributed by atoms with Crippen molar-refractivity contribution in [2.75, 3.05) is 35.5 Å². The predicted octanol–water partition coefficient (Wildman–Crippen LogP) is 3.35. The molecular formula is C23H31N3O5S2. The molecule has 0 aliphatic carbocycles. The highest BCUT2D eigenvalue weighted by atomic mass is 32.2. The number of rotatable bonds is 9. The summed E-state index contributed by atoms with van der Waals surface area (Å²) in [5.41, 5.74) is 1.94. The quantitative estimate of drug-likeness (QED) is 0.577. The molecule has 2 aromatic rings. The molecule has 0 bridgehead atoms. The van der Waals surface area contributed by atoms with Crippen LogP contribution in [0.5, 0.6) is 0 Å². The number of piperidine rings is 1. The van der Waals surface area contributed by atoms with Crippen LogP contribution in [-0.2, 0) is 24.8 Å². The minimum absolute atomic E-state index is 0.131. The molecular weight excluding hydrogens is 462 g/mol. The van der Waals surface area contributed by atoms with Gasteiger partial charge in [-0.05, 0) is 62.1 Å². The molecule has 1 aliphatic rings. The first kappa shape index (κ1) is 25.2. The minimum atomic E-state index is -3.52. The SMILES string of the molecule is Cc1ccccc1N(CCCC(=O)Nc1ccc(S(=O)(=O)N2CCCCC2)cc1)S(C)(=O)=O. The Labute approximate surface area is 196 Å². The van der Waals surface area contributed by atoms with Crippen LogP contribution >= 0.6 is 0 Å². The van der Waals surface area contributed by atoms with E-state index in [2.05, 4.69) is 5.32 Å². The molecule has 0 spiro atoms. The van der Waals surface area contributed by atoms with E-state index in [-0.39, 0.29) is 23.8 Å². The first-order chi connectivity index (χ1) is 15.6. The Morgan fingerprint density at radius 2 is 1.61 bits per heavy atom. The van der Waals surface area contributed by atoms with E-state index < -0.39 is 20.0 Å². The number of amides is 1. The van der Waals surface area contributed by atoms with Crippen molar-refractivity contribution in [3.63, 3.8) is 0 Å². The van der Waals surface area contributed by atoms with E-state index >= 15 is 0 Å². The van der Waals surface area contributed by atoms with Gasteiger partial charge in [-0.1, -0.05) is 24.6 Å². The minimum Gasteiger partial charge on any atom is -0.326 e. The van der Waals surface area contributed by atoms with Crippen molar-refractivity contribution in [1.29, 1.82) is 0 Å². The average Bonchev–Trinajstić information content (AvgIpc) is 2.78. The Morgan fingerprint density at radius 3 is 2.21 bits per heavy atom. The van der Waals surface area contributed by atoms with Crippen molar-refractivity contribution in [2.45, 2.75) is 43.9 Å². The third-order valence-corrected chi connectivity index (χ3v) is 8.73. The van der Waals surface area contributed by atoms with Gasteiger partial charge in [0.25, 0.3) is 0 Å². The maximum absolute atomic E-state index is 12.7. The standard InChI is InChI=1S/C23H31N3O5S2/c1-19-9-4-5-10-22(19)26(32(2,28)29)18-8-11-23(27)24-20-12-14-21(15-13-20)33(30,31)25-16-6-3-7-17-25/h4-5,9-10,12-15H,3,6-8,11,16-18H2,1-2H3,(H,24,27). The molecule has 0 radical (unpaired) electrons. The van der Waals surface area contributed by atoms with Gasteiger partial charge in [-0.25, -0.2) is 16.8 Å². The van der Waals surface area contributed by atoms with Crippen LogP contribution in [0.25, 0.3) is 0 Å². The Bertz CT molecular complexity index is 1170. The fourth-order valence-corrected chi connectivity index (χ4v) is 6.42. The van der Waals surface area contributed by atoms with E-state index in [4.69, 9.17) is 0 Å². The van der Waals surface area contributed by atoms with Crippen molar-refractivity contribution in [3.05, 3.63) is 54.1 Å². The number of nitrogens with zero attached hydrogens (tertiary/aromatic N) is 2. The number of carbonyl (C=O) groups excluding carboxylic acids is 1. The van der Waals surface area contributed by atoms with Crippen LogP contribution in [0.4, 0.5) is 11.4 Å². The lowest BCUT2D eigenvalue weighted by atomic mass is 10.2. The maximum Gasteiger partial charge on any atom is 0.243 e. The third-order valence-electron chi connectivity index (χ3n) is 5.64. The van der Waals surface area contributed by atoms with Gasteiger partial charge >= 0.3 is 0 Å². The Kier molecular flexibility index (Phi) is 8.14. The molecule has 1 heterocycles. The molecule has 3 rings (SSSR count). The summed E-state index contributed by atoms with van der Waals surface area (Å²) in [6.07, 6.45) is 4.41. The summed E-state index contributed by atoms with van der Waals surface area (Å²) in [7, 11) is -7.00. The average molecular weight is 494 g/mol. The van der Waals surface area contributed by atoms with E-state index in [1.807, 2.05) is 19.1 Å². The first-order valence-electron chi connectivity index (χ1n) is 11.0. The van der Waals surface area contributed by atoms with E-state index in [0.717, 1.165) is 31.1 Å². The number of para-hydroxylation sites is 1. The van der Waals surface area contributed by atoms with Crippen LogP contribution in [0.1, 0.15) is 37.7 Å². The zero-order valence-electron chi connectivity index (χ0n) is 19.0. The smallest absolute Gasteiger partial charge is 0.243 e. The van der Waals surface area contributed by atoms with E-state index in [0.29, 0.717) is 30.9 Å². The summed E-state index contributed by atoms with van der Waals surface area (Å²) >= 11 is 0. The van der Waals surface area contributed by atoms with Gasteiger partial charge < -0.3 is 5.32 Å². The molecule has 8 nitrogen and oxygen atoms in total. The van der Waals surface area contributed by atoms with Gasteiger partial charge in [-0.2, -0.15) is 4.31 Å². The number of hydrogen-bond acceptors (Lipinski definition) is 5. The normalized spacial score (nSPS) is 15.2.